The minimum atomic E-state index is -0.923. The number of ether oxygens (including phenoxy) is 1. The highest BCUT2D eigenvalue weighted by atomic mass is 16.5. The van der Waals surface area contributed by atoms with E-state index >= 15 is 0 Å². The van der Waals surface area contributed by atoms with Crippen molar-refractivity contribution >= 4 is 11.9 Å². The molecule has 0 saturated carbocycles. The molecule has 126 valence electrons. The highest BCUT2D eigenvalue weighted by Gasteiger charge is 2.26. The summed E-state index contributed by atoms with van der Waals surface area (Å²) in [6.07, 6.45) is 3.14. The molecule has 1 aliphatic rings. The Morgan fingerprint density at radius 2 is 2.08 bits per heavy atom. The number of carboxylic acids is 1. The van der Waals surface area contributed by atoms with Crippen LogP contribution in [-0.4, -0.2) is 57.5 Å². The Morgan fingerprint density at radius 3 is 2.71 bits per heavy atom. The number of aryl methyl sites for hydroxylation is 1. The number of amides is 1. The lowest BCUT2D eigenvalue weighted by Crippen LogP contribution is -2.46. The van der Waals surface area contributed by atoms with E-state index in [1.807, 2.05) is 25.3 Å². The van der Waals surface area contributed by atoms with Crippen LogP contribution in [0.1, 0.15) is 22.3 Å². The maximum atomic E-state index is 12.6. The lowest BCUT2D eigenvalue weighted by molar-refractivity contribution is -0.141. The van der Waals surface area contributed by atoms with Crippen LogP contribution in [0.5, 0.6) is 0 Å². The monoisotopic (exact) mass is 329 g/mol. The first-order valence-electron chi connectivity index (χ1n) is 7.77. The molecule has 0 spiro atoms. The molecule has 7 nitrogen and oxygen atoms in total. The van der Waals surface area contributed by atoms with Crippen molar-refractivity contribution in [3.05, 3.63) is 47.8 Å². The van der Waals surface area contributed by atoms with Crippen molar-refractivity contribution in [3.8, 4) is 5.69 Å². The van der Waals surface area contributed by atoms with Crippen molar-refractivity contribution in [3.63, 3.8) is 0 Å². The molecular formula is C17H19N3O4. The lowest BCUT2D eigenvalue weighted by atomic mass is 10.1. The van der Waals surface area contributed by atoms with Gasteiger partial charge in [0.1, 0.15) is 0 Å². The van der Waals surface area contributed by atoms with Crippen LogP contribution in [-0.2, 0) is 9.53 Å². The fourth-order valence-electron chi connectivity index (χ4n) is 2.72. The van der Waals surface area contributed by atoms with Crippen LogP contribution in [0.3, 0.4) is 0 Å². The molecule has 2 heterocycles. The van der Waals surface area contributed by atoms with Crippen molar-refractivity contribution in [1.82, 2.24) is 14.7 Å². The van der Waals surface area contributed by atoms with Crippen LogP contribution in [0.4, 0.5) is 0 Å². The van der Waals surface area contributed by atoms with Gasteiger partial charge in [0.05, 0.1) is 31.0 Å². The highest BCUT2D eigenvalue weighted by Crippen LogP contribution is 2.15. The van der Waals surface area contributed by atoms with E-state index in [9.17, 15) is 9.59 Å². The van der Waals surface area contributed by atoms with Gasteiger partial charge in [0, 0.05) is 24.8 Å². The van der Waals surface area contributed by atoms with Gasteiger partial charge >= 0.3 is 5.97 Å². The van der Waals surface area contributed by atoms with Crippen LogP contribution in [0, 0.1) is 6.92 Å². The summed E-state index contributed by atoms with van der Waals surface area (Å²) in [5.41, 5.74) is 2.51. The minimum Gasteiger partial charge on any atom is -0.481 e. The fourth-order valence-corrected chi connectivity index (χ4v) is 2.72. The van der Waals surface area contributed by atoms with Gasteiger partial charge in [-0.05, 0) is 36.8 Å². The Kier molecular flexibility index (Phi) is 4.61. The molecule has 1 aromatic carbocycles. The molecule has 1 amide bonds. The van der Waals surface area contributed by atoms with Gasteiger partial charge in [0.25, 0.3) is 5.91 Å². The summed E-state index contributed by atoms with van der Waals surface area (Å²) < 4.78 is 7.15. The van der Waals surface area contributed by atoms with E-state index in [-0.39, 0.29) is 12.3 Å². The molecule has 1 unspecified atom stereocenters. The van der Waals surface area contributed by atoms with Gasteiger partial charge in [-0.2, -0.15) is 5.10 Å². The van der Waals surface area contributed by atoms with Gasteiger partial charge in [0.15, 0.2) is 0 Å². The summed E-state index contributed by atoms with van der Waals surface area (Å²) in [6, 6.07) is 7.20. The number of aromatic nitrogens is 2. The molecule has 3 rings (SSSR count). The maximum absolute atomic E-state index is 12.6. The van der Waals surface area contributed by atoms with E-state index in [1.165, 1.54) is 0 Å². The molecule has 0 aliphatic carbocycles. The van der Waals surface area contributed by atoms with E-state index in [2.05, 4.69) is 5.10 Å². The van der Waals surface area contributed by atoms with Gasteiger partial charge in [-0.15, -0.1) is 0 Å². The molecule has 0 radical (unpaired) electrons. The van der Waals surface area contributed by atoms with Crippen LogP contribution in [0.25, 0.3) is 5.69 Å². The zero-order chi connectivity index (χ0) is 17.1. The number of hydrogen-bond donors (Lipinski definition) is 1. The third-order valence-electron chi connectivity index (χ3n) is 3.92. The quantitative estimate of drug-likeness (QED) is 0.919. The zero-order valence-corrected chi connectivity index (χ0v) is 13.4. The lowest BCUT2D eigenvalue weighted by Gasteiger charge is -2.32. The molecule has 1 aliphatic heterocycles. The fraction of sp³-hybridized carbons (Fsp3) is 0.353. The Labute approximate surface area is 139 Å². The molecule has 2 aromatic rings. The number of morpholine rings is 1. The smallest absolute Gasteiger partial charge is 0.306 e. The van der Waals surface area contributed by atoms with Gasteiger partial charge in [-0.25, -0.2) is 4.68 Å². The van der Waals surface area contributed by atoms with Gasteiger partial charge in [-0.1, -0.05) is 0 Å². The molecule has 1 fully saturated rings. The van der Waals surface area contributed by atoms with E-state index in [0.717, 1.165) is 11.3 Å². The average molecular weight is 329 g/mol. The summed E-state index contributed by atoms with van der Waals surface area (Å²) in [5.74, 6) is -1.04. The second-order valence-electron chi connectivity index (χ2n) is 5.85. The third-order valence-corrected chi connectivity index (χ3v) is 3.92. The first-order valence-corrected chi connectivity index (χ1v) is 7.77. The van der Waals surface area contributed by atoms with E-state index in [0.29, 0.717) is 25.3 Å². The van der Waals surface area contributed by atoms with E-state index in [4.69, 9.17) is 9.84 Å². The largest absolute Gasteiger partial charge is 0.481 e. The molecule has 1 atom stereocenters. The molecule has 1 aromatic heterocycles. The minimum absolute atomic E-state index is 0.0959. The molecule has 7 heteroatoms. The van der Waals surface area contributed by atoms with Crippen LogP contribution in [0.15, 0.2) is 36.7 Å². The van der Waals surface area contributed by atoms with Gasteiger partial charge < -0.3 is 14.7 Å². The van der Waals surface area contributed by atoms with Crippen LogP contribution < -0.4 is 0 Å². The number of nitrogens with zero attached hydrogens (tertiary/aromatic N) is 3. The number of carbonyl (C=O) groups is 2. The van der Waals surface area contributed by atoms with E-state index in [1.54, 1.807) is 27.9 Å². The molecule has 1 saturated heterocycles. The predicted octanol–water partition coefficient (Wildman–Crippen LogP) is 1.50. The van der Waals surface area contributed by atoms with Crippen molar-refractivity contribution in [2.24, 2.45) is 0 Å². The highest BCUT2D eigenvalue weighted by molar-refractivity contribution is 5.94. The van der Waals surface area contributed by atoms with Crippen molar-refractivity contribution in [1.29, 1.82) is 0 Å². The number of benzene rings is 1. The summed E-state index contributed by atoms with van der Waals surface area (Å²) in [4.78, 5) is 25.0. The third kappa shape index (κ3) is 3.62. The summed E-state index contributed by atoms with van der Waals surface area (Å²) in [5, 5.41) is 13.1. The maximum Gasteiger partial charge on any atom is 0.306 e. The standard InChI is InChI=1S/C17H19N3O4/c1-12-9-18-20(10-12)14-4-2-13(3-5-14)17(23)19-6-7-24-15(11-19)8-16(21)22/h2-5,9-10,15H,6-8,11H2,1H3,(H,21,22). The number of hydrogen-bond acceptors (Lipinski definition) is 4. The van der Waals surface area contributed by atoms with Crippen molar-refractivity contribution < 1.29 is 19.4 Å². The summed E-state index contributed by atoms with van der Waals surface area (Å²) in [7, 11) is 0. The first kappa shape index (κ1) is 16.2. The Hall–Kier alpha value is -2.67. The number of carbonyl (C=O) groups excluding carboxylic acids is 1. The Balaban J connectivity index is 1.69. The average Bonchev–Trinajstić information content (AvgIpc) is 3.00. The predicted molar refractivity (Wildman–Crippen MR) is 86.2 cm³/mol. The van der Waals surface area contributed by atoms with Crippen LogP contribution in [0.2, 0.25) is 0 Å². The molecule has 24 heavy (non-hydrogen) atoms. The topological polar surface area (TPSA) is 84.7 Å². The Bertz CT molecular complexity index is 739. The first-order chi connectivity index (χ1) is 11.5. The zero-order valence-electron chi connectivity index (χ0n) is 13.4. The normalized spacial score (nSPS) is 17.7. The van der Waals surface area contributed by atoms with Gasteiger partial charge in [-0.3, -0.25) is 9.59 Å². The SMILES string of the molecule is Cc1cnn(-c2ccc(C(=O)N3CCOC(CC(=O)O)C3)cc2)c1. The summed E-state index contributed by atoms with van der Waals surface area (Å²) >= 11 is 0. The van der Waals surface area contributed by atoms with Crippen molar-refractivity contribution in [2.45, 2.75) is 19.4 Å². The van der Waals surface area contributed by atoms with Crippen molar-refractivity contribution in [2.75, 3.05) is 19.7 Å². The van der Waals surface area contributed by atoms with Gasteiger partial charge in [0.2, 0.25) is 0 Å². The molecule has 1 N–H and O–H groups in total. The Morgan fingerprint density at radius 1 is 1.33 bits per heavy atom. The number of aliphatic carboxylic acids is 1. The molecular weight excluding hydrogens is 310 g/mol. The number of rotatable bonds is 4. The second kappa shape index (κ2) is 6.84. The second-order valence-corrected chi connectivity index (χ2v) is 5.85. The summed E-state index contributed by atoms with van der Waals surface area (Å²) in [6.45, 7) is 3.09. The van der Waals surface area contributed by atoms with E-state index < -0.39 is 12.1 Å². The van der Waals surface area contributed by atoms with Crippen LogP contribution >= 0.6 is 0 Å². The number of carboxylic acid groups (broad SMARTS) is 1. The molecule has 0 bridgehead atoms.